The summed E-state index contributed by atoms with van der Waals surface area (Å²) in [6, 6.07) is 11.2. The Kier molecular flexibility index (Phi) is 5.96. The molecule has 26 heavy (non-hydrogen) atoms. The number of halogens is 1. The Bertz CT molecular complexity index is 872. The van der Waals surface area contributed by atoms with E-state index < -0.39 is 0 Å². The van der Waals surface area contributed by atoms with Gasteiger partial charge in [-0.2, -0.15) is 5.10 Å². The second-order valence-electron chi connectivity index (χ2n) is 5.90. The zero-order chi connectivity index (χ0) is 18.4. The average Bonchev–Trinajstić information content (AvgIpc) is 3.26. The molecule has 0 atom stereocenters. The molecule has 6 nitrogen and oxygen atoms in total. The Morgan fingerprint density at radius 2 is 2.23 bits per heavy atom. The number of nitrogens with one attached hydrogen (secondary N) is 1. The van der Waals surface area contributed by atoms with Crippen LogP contribution in [-0.2, 0) is 13.2 Å². The van der Waals surface area contributed by atoms with Crippen molar-refractivity contribution in [1.29, 1.82) is 0 Å². The van der Waals surface area contributed by atoms with Crippen LogP contribution in [0.4, 0.5) is 0 Å². The Morgan fingerprint density at radius 1 is 1.35 bits per heavy atom. The average molecular weight is 374 g/mol. The van der Waals surface area contributed by atoms with Gasteiger partial charge < -0.3 is 14.5 Å². The summed E-state index contributed by atoms with van der Waals surface area (Å²) in [6.07, 6.45) is 4.08. The van der Waals surface area contributed by atoms with Gasteiger partial charge in [0.1, 0.15) is 18.1 Å². The van der Waals surface area contributed by atoms with Crippen molar-refractivity contribution in [3.63, 3.8) is 0 Å². The third kappa shape index (κ3) is 5.13. The molecule has 0 aliphatic heterocycles. The lowest BCUT2D eigenvalue weighted by Crippen LogP contribution is -2.24. The monoisotopic (exact) mass is 373 g/mol. The lowest BCUT2D eigenvalue weighted by molar-refractivity contribution is 0.0921. The fourth-order valence-corrected chi connectivity index (χ4v) is 2.58. The number of aryl methyl sites for hydroxylation is 2. The topological polar surface area (TPSA) is 69.3 Å². The smallest absolute Gasteiger partial charge is 0.286 e. The number of ether oxygens (including phenoxy) is 1. The van der Waals surface area contributed by atoms with E-state index in [1.165, 1.54) is 0 Å². The van der Waals surface area contributed by atoms with Gasteiger partial charge in [0.25, 0.3) is 5.91 Å². The molecule has 3 aromatic rings. The first-order chi connectivity index (χ1) is 12.6. The van der Waals surface area contributed by atoms with Crippen LogP contribution in [-0.4, -0.2) is 22.2 Å². The van der Waals surface area contributed by atoms with Gasteiger partial charge in [-0.25, -0.2) is 0 Å². The maximum atomic E-state index is 12.1. The van der Waals surface area contributed by atoms with E-state index in [4.69, 9.17) is 20.8 Å². The fourth-order valence-electron chi connectivity index (χ4n) is 2.43. The molecule has 0 unspecified atom stereocenters. The summed E-state index contributed by atoms with van der Waals surface area (Å²) in [6.45, 7) is 3.48. The van der Waals surface area contributed by atoms with Gasteiger partial charge in [0, 0.05) is 19.3 Å². The molecule has 0 aliphatic carbocycles. The van der Waals surface area contributed by atoms with Crippen molar-refractivity contribution >= 4 is 17.5 Å². The van der Waals surface area contributed by atoms with Crippen LogP contribution < -0.4 is 10.1 Å². The van der Waals surface area contributed by atoms with E-state index in [-0.39, 0.29) is 18.3 Å². The van der Waals surface area contributed by atoms with Gasteiger partial charge in [-0.3, -0.25) is 9.48 Å². The minimum atomic E-state index is -0.245. The van der Waals surface area contributed by atoms with Crippen molar-refractivity contribution in [2.45, 2.75) is 26.5 Å². The summed E-state index contributed by atoms with van der Waals surface area (Å²) < 4.78 is 13.0. The molecule has 3 rings (SSSR count). The van der Waals surface area contributed by atoms with E-state index in [2.05, 4.69) is 10.4 Å². The molecule has 1 N–H and O–H groups in total. The van der Waals surface area contributed by atoms with E-state index in [1.807, 2.05) is 31.2 Å². The number of rotatable bonds is 8. The molecule has 136 valence electrons. The van der Waals surface area contributed by atoms with Gasteiger partial charge in [0.15, 0.2) is 5.76 Å². The lowest BCUT2D eigenvalue weighted by Gasteiger charge is -2.05. The molecule has 7 heteroatoms. The quantitative estimate of drug-likeness (QED) is 0.609. The standard InChI is InChI=1S/C19H20ClN3O3/c1-14-4-2-5-16(10-14)25-13-17-6-7-18(26-17)19(24)21-8-3-9-23-12-15(20)11-22-23/h2,4-7,10-12H,3,8-9,13H2,1H3,(H,21,24). The van der Waals surface area contributed by atoms with Crippen molar-refractivity contribution in [1.82, 2.24) is 15.1 Å². The van der Waals surface area contributed by atoms with E-state index in [1.54, 1.807) is 29.2 Å². The summed E-state index contributed by atoms with van der Waals surface area (Å²) in [4.78, 5) is 12.1. The van der Waals surface area contributed by atoms with E-state index >= 15 is 0 Å². The summed E-state index contributed by atoms with van der Waals surface area (Å²) in [5, 5.41) is 7.51. The van der Waals surface area contributed by atoms with Crippen molar-refractivity contribution in [2.24, 2.45) is 0 Å². The van der Waals surface area contributed by atoms with Crippen molar-refractivity contribution < 1.29 is 13.9 Å². The molecule has 1 amide bonds. The molecule has 2 heterocycles. The summed E-state index contributed by atoms with van der Waals surface area (Å²) in [5.41, 5.74) is 1.12. The number of aromatic nitrogens is 2. The summed E-state index contributed by atoms with van der Waals surface area (Å²) in [7, 11) is 0. The molecule has 0 spiro atoms. The molecular formula is C19H20ClN3O3. The second-order valence-corrected chi connectivity index (χ2v) is 6.34. The molecular weight excluding hydrogens is 354 g/mol. The SMILES string of the molecule is Cc1cccc(OCc2ccc(C(=O)NCCCn3cc(Cl)cn3)o2)c1. The highest BCUT2D eigenvalue weighted by Crippen LogP contribution is 2.16. The molecule has 0 bridgehead atoms. The third-order valence-electron chi connectivity index (χ3n) is 3.71. The van der Waals surface area contributed by atoms with Gasteiger partial charge >= 0.3 is 0 Å². The zero-order valence-corrected chi connectivity index (χ0v) is 15.2. The zero-order valence-electron chi connectivity index (χ0n) is 14.4. The van der Waals surface area contributed by atoms with Crippen LogP contribution in [0.1, 0.15) is 28.3 Å². The number of carbonyl (C=O) groups excluding carboxylic acids is 1. The molecule has 0 aliphatic rings. The number of hydrogen-bond donors (Lipinski definition) is 1. The lowest BCUT2D eigenvalue weighted by atomic mass is 10.2. The van der Waals surface area contributed by atoms with Crippen LogP contribution in [0.5, 0.6) is 5.75 Å². The summed E-state index contributed by atoms with van der Waals surface area (Å²) in [5.74, 6) is 1.40. The molecule has 0 saturated heterocycles. The molecule has 2 aromatic heterocycles. The third-order valence-corrected chi connectivity index (χ3v) is 3.90. The Labute approximate surface area is 156 Å². The van der Waals surface area contributed by atoms with Crippen LogP contribution in [0.15, 0.2) is 53.2 Å². The Balaban J connectivity index is 1.42. The van der Waals surface area contributed by atoms with Gasteiger partial charge in [-0.05, 0) is 43.2 Å². The molecule has 0 fully saturated rings. The maximum Gasteiger partial charge on any atom is 0.286 e. The normalized spacial score (nSPS) is 10.7. The number of carbonyl (C=O) groups is 1. The highest BCUT2D eigenvalue weighted by atomic mass is 35.5. The predicted molar refractivity (Wildman–Crippen MR) is 98.4 cm³/mol. The molecule has 1 aromatic carbocycles. The first-order valence-corrected chi connectivity index (χ1v) is 8.72. The highest BCUT2D eigenvalue weighted by Gasteiger charge is 2.11. The maximum absolute atomic E-state index is 12.1. The van der Waals surface area contributed by atoms with Crippen molar-refractivity contribution in [3.8, 4) is 5.75 Å². The van der Waals surface area contributed by atoms with E-state index in [0.29, 0.717) is 23.9 Å². The Morgan fingerprint density at radius 3 is 3.00 bits per heavy atom. The van der Waals surface area contributed by atoms with Gasteiger partial charge in [0.05, 0.1) is 11.2 Å². The van der Waals surface area contributed by atoms with Crippen LogP contribution in [0.25, 0.3) is 0 Å². The Hall–Kier alpha value is -2.73. The molecule has 0 saturated carbocycles. The number of furan rings is 1. The minimum absolute atomic E-state index is 0.245. The van der Waals surface area contributed by atoms with Crippen molar-refractivity contribution in [2.75, 3.05) is 6.54 Å². The van der Waals surface area contributed by atoms with Crippen LogP contribution in [0, 0.1) is 6.92 Å². The van der Waals surface area contributed by atoms with Crippen LogP contribution in [0.2, 0.25) is 5.02 Å². The van der Waals surface area contributed by atoms with Gasteiger partial charge in [-0.1, -0.05) is 23.7 Å². The first-order valence-electron chi connectivity index (χ1n) is 8.34. The van der Waals surface area contributed by atoms with Gasteiger partial charge in [-0.15, -0.1) is 0 Å². The number of hydrogen-bond acceptors (Lipinski definition) is 4. The highest BCUT2D eigenvalue weighted by molar-refractivity contribution is 6.30. The fraction of sp³-hybridized carbons (Fsp3) is 0.263. The van der Waals surface area contributed by atoms with Crippen LogP contribution in [0.3, 0.4) is 0 Å². The van der Waals surface area contributed by atoms with Gasteiger partial charge in [0.2, 0.25) is 0 Å². The number of nitrogens with zero attached hydrogens (tertiary/aromatic N) is 2. The first kappa shape index (κ1) is 18.1. The van der Waals surface area contributed by atoms with E-state index in [0.717, 1.165) is 17.7 Å². The second kappa shape index (κ2) is 8.58. The van der Waals surface area contributed by atoms with E-state index in [9.17, 15) is 4.79 Å². The minimum Gasteiger partial charge on any atom is -0.486 e. The predicted octanol–water partition coefficient (Wildman–Crippen LogP) is 3.84. The number of amides is 1. The van der Waals surface area contributed by atoms with Crippen molar-refractivity contribution in [3.05, 3.63) is 70.9 Å². The summed E-state index contributed by atoms with van der Waals surface area (Å²) >= 11 is 5.80. The van der Waals surface area contributed by atoms with Crippen LogP contribution >= 0.6 is 11.6 Å². The largest absolute Gasteiger partial charge is 0.486 e. The molecule has 0 radical (unpaired) electrons. The number of benzene rings is 1.